The average molecular weight is 229 g/mol. The van der Waals surface area contributed by atoms with E-state index in [0.29, 0.717) is 5.13 Å². The Bertz CT molecular complexity index is 337. The molecule has 7 nitrogen and oxygen atoms in total. The average Bonchev–Trinajstić information content (AvgIpc) is 2.64. The standard InChI is InChI=1S/C7H11N5O2S/c1-7(3-8-4-7)14-2-5(13)9-6-10-11-12-15-6/h8H,2-4H2,1H3,(H,9,10,12,13). The summed E-state index contributed by atoms with van der Waals surface area (Å²) in [5, 5.41) is 13.0. The highest BCUT2D eigenvalue weighted by atomic mass is 32.1. The number of anilines is 1. The van der Waals surface area contributed by atoms with E-state index in [9.17, 15) is 4.79 Å². The van der Waals surface area contributed by atoms with Gasteiger partial charge < -0.3 is 10.1 Å². The van der Waals surface area contributed by atoms with Crippen LogP contribution in [0.5, 0.6) is 0 Å². The Morgan fingerprint density at radius 2 is 2.53 bits per heavy atom. The fraction of sp³-hybridized carbons (Fsp3) is 0.714. The second-order valence-electron chi connectivity index (χ2n) is 3.56. The van der Waals surface area contributed by atoms with Crippen LogP contribution in [0.3, 0.4) is 0 Å². The lowest BCUT2D eigenvalue weighted by molar-refractivity contribution is -0.130. The molecule has 0 atom stereocenters. The molecular formula is C7H11N5O2S. The van der Waals surface area contributed by atoms with Gasteiger partial charge in [-0.3, -0.25) is 10.1 Å². The summed E-state index contributed by atoms with van der Waals surface area (Å²) in [6, 6.07) is 0. The van der Waals surface area contributed by atoms with Gasteiger partial charge in [0, 0.05) is 24.6 Å². The van der Waals surface area contributed by atoms with Crippen LogP contribution >= 0.6 is 11.5 Å². The molecule has 82 valence electrons. The first-order valence-corrected chi connectivity index (χ1v) is 5.25. The number of nitrogens with one attached hydrogen (secondary N) is 2. The van der Waals surface area contributed by atoms with E-state index in [4.69, 9.17) is 4.74 Å². The fourth-order valence-electron chi connectivity index (χ4n) is 1.16. The second-order valence-corrected chi connectivity index (χ2v) is 4.29. The van der Waals surface area contributed by atoms with Gasteiger partial charge in [0.05, 0.1) is 5.60 Å². The van der Waals surface area contributed by atoms with E-state index in [2.05, 4.69) is 25.4 Å². The van der Waals surface area contributed by atoms with Crippen LogP contribution in [0.4, 0.5) is 5.13 Å². The minimum Gasteiger partial charge on any atom is -0.363 e. The molecule has 2 heterocycles. The zero-order valence-corrected chi connectivity index (χ0v) is 9.00. The lowest BCUT2D eigenvalue weighted by Crippen LogP contribution is -2.59. The molecule has 2 N–H and O–H groups in total. The van der Waals surface area contributed by atoms with Crippen LogP contribution in [0.2, 0.25) is 0 Å². The molecule has 1 fully saturated rings. The molecule has 15 heavy (non-hydrogen) atoms. The van der Waals surface area contributed by atoms with Crippen molar-refractivity contribution < 1.29 is 9.53 Å². The van der Waals surface area contributed by atoms with Crippen molar-refractivity contribution >= 4 is 22.6 Å². The third-order valence-electron chi connectivity index (χ3n) is 2.10. The minimum atomic E-state index is -0.235. The maximum Gasteiger partial charge on any atom is 0.252 e. The molecule has 0 unspecified atom stereocenters. The SMILES string of the molecule is CC1(OCC(=O)Nc2nnns2)CNC1. The summed E-state index contributed by atoms with van der Waals surface area (Å²) in [5.74, 6) is -0.235. The van der Waals surface area contributed by atoms with Gasteiger partial charge in [0.1, 0.15) is 6.61 Å². The second kappa shape index (κ2) is 4.17. The summed E-state index contributed by atoms with van der Waals surface area (Å²) in [5.41, 5.74) is -0.212. The number of hydrogen-bond donors (Lipinski definition) is 2. The van der Waals surface area contributed by atoms with Crippen LogP contribution in [0, 0.1) is 0 Å². The minimum absolute atomic E-state index is 0.0256. The number of carbonyl (C=O) groups excluding carboxylic acids is 1. The Kier molecular flexibility index (Phi) is 2.89. The van der Waals surface area contributed by atoms with Crippen LogP contribution < -0.4 is 10.6 Å². The molecule has 0 aliphatic carbocycles. The third-order valence-corrected chi connectivity index (χ3v) is 2.61. The van der Waals surface area contributed by atoms with Gasteiger partial charge in [-0.15, -0.1) is 0 Å². The molecule has 1 aromatic rings. The first-order chi connectivity index (χ1) is 7.18. The topological polar surface area (TPSA) is 89.0 Å². The molecule has 8 heteroatoms. The van der Waals surface area contributed by atoms with Crippen LogP contribution in [0.25, 0.3) is 0 Å². The molecule has 0 bridgehead atoms. The summed E-state index contributed by atoms with van der Waals surface area (Å²) in [4.78, 5) is 11.4. The Morgan fingerprint density at radius 1 is 1.73 bits per heavy atom. The highest BCUT2D eigenvalue weighted by molar-refractivity contribution is 7.09. The Labute approximate surface area is 90.4 Å². The van der Waals surface area contributed by atoms with Crippen molar-refractivity contribution in [2.24, 2.45) is 0 Å². The van der Waals surface area contributed by atoms with Gasteiger partial charge in [-0.05, 0) is 12.1 Å². The molecule has 1 aliphatic rings. The molecular weight excluding hydrogens is 218 g/mol. The molecule has 1 amide bonds. The molecule has 0 radical (unpaired) electrons. The van der Waals surface area contributed by atoms with Crippen molar-refractivity contribution in [3.63, 3.8) is 0 Å². The molecule has 2 rings (SSSR count). The van der Waals surface area contributed by atoms with Gasteiger partial charge in [0.2, 0.25) is 5.13 Å². The van der Waals surface area contributed by atoms with Gasteiger partial charge in [0.15, 0.2) is 0 Å². The quantitative estimate of drug-likeness (QED) is 0.706. The number of amides is 1. The van der Waals surface area contributed by atoms with Gasteiger partial charge >= 0.3 is 0 Å². The highest BCUT2D eigenvalue weighted by Gasteiger charge is 2.33. The molecule has 1 saturated heterocycles. The number of carbonyl (C=O) groups is 1. The maximum atomic E-state index is 11.4. The Hall–Kier alpha value is -1.12. The number of aromatic nitrogens is 3. The number of nitrogens with zero attached hydrogens (tertiary/aromatic N) is 3. The molecule has 1 aromatic heterocycles. The fourth-order valence-corrected chi connectivity index (χ4v) is 1.54. The predicted octanol–water partition coefficient (Wildman–Crippen LogP) is -0.750. The third kappa shape index (κ3) is 2.67. The zero-order valence-electron chi connectivity index (χ0n) is 8.19. The number of ether oxygens (including phenoxy) is 1. The van der Waals surface area contributed by atoms with Crippen LogP contribution in [-0.2, 0) is 9.53 Å². The lowest BCUT2D eigenvalue weighted by atomic mass is 10.0. The van der Waals surface area contributed by atoms with E-state index in [1.54, 1.807) is 0 Å². The predicted molar refractivity (Wildman–Crippen MR) is 53.6 cm³/mol. The van der Waals surface area contributed by atoms with Gasteiger partial charge in [-0.25, -0.2) is 0 Å². The van der Waals surface area contributed by atoms with Crippen LogP contribution in [-0.4, -0.2) is 46.0 Å². The first kappa shape index (κ1) is 10.4. The number of hydrogen-bond acceptors (Lipinski definition) is 7. The summed E-state index contributed by atoms with van der Waals surface area (Å²) < 4.78 is 8.96. The normalized spacial score (nSPS) is 18.2. The van der Waals surface area contributed by atoms with E-state index in [1.165, 1.54) is 0 Å². The van der Waals surface area contributed by atoms with Crippen molar-refractivity contribution in [2.75, 3.05) is 25.0 Å². The first-order valence-electron chi connectivity index (χ1n) is 4.47. The van der Waals surface area contributed by atoms with Crippen molar-refractivity contribution in [3.8, 4) is 0 Å². The van der Waals surface area contributed by atoms with Crippen LogP contribution in [0.15, 0.2) is 0 Å². The Balaban J connectivity index is 1.73. The van der Waals surface area contributed by atoms with Crippen molar-refractivity contribution in [1.29, 1.82) is 0 Å². The largest absolute Gasteiger partial charge is 0.363 e. The van der Waals surface area contributed by atoms with E-state index in [-0.39, 0.29) is 18.1 Å². The summed E-state index contributed by atoms with van der Waals surface area (Å²) in [6.45, 7) is 3.54. The van der Waals surface area contributed by atoms with Crippen molar-refractivity contribution in [2.45, 2.75) is 12.5 Å². The van der Waals surface area contributed by atoms with E-state index in [0.717, 1.165) is 24.6 Å². The van der Waals surface area contributed by atoms with Gasteiger partial charge in [-0.1, -0.05) is 9.59 Å². The zero-order chi connectivity index (χ0) is 10.7. The van der Waals surface area contributed by atoms with Crippen molar-refractivity contribution in [1.82, 2.24) is 20.1 Å². The molecule has 0 saturated carbocycles. The molecule has 1 aliphatic heterocycles. The highest BCUT2D eigenvalue weighted by Crippen LogP contribution is 2.15. The lowest BCUT2D eigenvalue weighted by Gasteiger charge is -2.38. The monoisotopic (exact) mass is 229 g/mol. The molecule has 0 aromatic carbocycles. The summed E-state index contributed by atoms with van der Waals surface area (Å²) in [6.07, 6.45) is 0. The van der Waals surface area contributed by atoms with Gasteiger partial charge in [-0.2, -0.15) is 0 Å². The smallest absolute Gasteiger partial charge is 0.252 e. The van der Waals surface area contributed by atoms with Gasteiger partial charge in [0.25, 0.3) is 5.91 Å². The molecule has 0 spiro atoms. The van der Waals surface area contributed by atoms with Crippen molar-refractivity contribution in [3.05, 3.63) is 0 Å². The van der Waals surface area contributed by atoms with E-state index in [1.807, 2.05) is 6.92 Å². The summed E-state index contributed by atoms with van der Waals surface area (Å²) in [7, 11) is 0. The summed E-state index contributed by atoms with van der Waals surface area (Å²) >= 11 is 1.03. The Morgan fingerprint density at radius 3 is 3.07 bits per heavy atom. The number of rotatable bonds is 4. The van der Waals surface area contributed by atoms with Crippen LogP contribution in [0.1, 0.15) is 6.92 Å². The maximum absolute atomic E-state index is 11.4. The van der Waals surface area contributed by atoms with E-state index < -0.39 is 0 Å². The van der Waals surface area contributed by atoms with E-state index >= 15 is 0 Å².